The number of aromatic amines is 1. The van der Waals surface area contributed by atoms with E-state index in [1.807, 2.05) is 30.5 Å². The van der Waals surface area contributed by atoms with Crippen LogP contribution in [0.4, 0.5) is 0 Å². The van der Waals surface area contributed by atoms with E-state index >= 15 is 0 Å². The molecule has 2 saturated heterocycles. The van der Waals surface area contributed by atoms with Gasteiger partial charge in [0.05, 0.1) is 6.04 Å². The van der Waals surface area contributed by atoms with Gasteiger partial charge in [0.1, 0.15) is 23.9 Å². The van der Waals surface area contributed by atoms with Crippen LogP contribution in [0.25, 0.3) is 10.9 Å². The Balaban J connectivity index is 1.34. The van der Waals surface area contributed by atoms with Gasteiger partial charge in [0.25, 0.3) is 0 Å². The molecule has 0 bridgehead atoms. The lowest BCUT2D eigenvalue weighted by molar-refractivity contribution is -0.152. The number of benzene rings is 2. The zero-order chi connectivity index (χ0) is 29.1. The number of likely N-dealkylation sites (tertiary alicyclic amines) is 2. The molecule has 3 heterocycles. The number of nitrogens with zero attached hydrogens (tertiary/aromatic N) is 2. The number of carboxylic acid groups (broad SMARTS) is 1. The molecule has 216 valence electrons. The summed E-state index contributed by atoms with van der Waals surface area (Å²) in [6, 6.07) is 10.4. The lowest BCUT2D eigenvalue weighted by Gasteiger charge is -2.32. The number of H-pyrrole nitrogens is 1. The predicted octanol–water partition coefficient (Wildman–Crippen LogP) is 1.54. The summed E-state index contributed by atoms with van der Waals surface area (Å²) in [5, 5.41) is 23.1. The third-order valence-electron chi connectivity index (χ3n) is 8.08. The summed E-state index contributed by atoms with van der Waals surface area (Å²) >= 11 is 0. The third kappa shape index (κ3) is 6.04. The van der Waals surface area contributed by atoms with E-state index in [9.17, 15) is 29.4 Å². The van der Waals surface area contributed by atoms with Crippen LogP contribution in [0.2, 0.25) is 0 Å². The first-order valence-corrected chi connectivity index (χ1v) is 14.0. The van der Waals surface area contributed by atoms with Crippen molar-refractivity contribution in [2.45, 2.75) is 62.7 Å². The molecule has 4 unspecified atom stereocenters. The minimum Gasteiger partial charge on any atom is -0.508 e. The fourth-order valence-electron chi connectivity index (χ4n) is 5.94. The lowest BCUT2D eigenvalue weighted by Crippen LogP contribution is -2.57. The normalized spacial score (nSPS) is 20.2. The Morgan fingerprint density at radius 1 is 0.951 bits per heavy atom. The number of carboxylic acids is 1. The number of aromatic hydroxyl groups is 1. The quantitative estimate of drug-likeness (QED) is 0.264. The van der Waals surface area contributed by atoms with Crippen molar-refractivity contribution >= 4 is 34.6 Å². The summed E-state index contributed by atoms with van der Waals surface area (Å²) in [5.41, 5.74) is 8.84. The minimum atomic E-state index is -1.05. The van der Waals surface area contributed by atoms with Crippen molar-refractivity contribution in [3.8, 4) is 5.75 Å². The monoisotopic (exact) mass is 561 g/mol. The van der Waals surface area contributed by atoms with Gasteiger partial charge in [-0.1, -0.05) is 30.3 Å². The van der Waals surface area contributed by atoms with E-state index in [0.29, 0.717) is 44.3 Å². The molecule has 0 saturated carbocycles. The number of amides is 3. The van der Waals surface area contributed by atoms with E-state index in [1.165, 1.54) is 21.9 Å². The molecule has 2 aliphatic rings. The second-order valence-electron chi connectivity index (χ2n) is 10.8. The van der Waals surface area contributed by atoms with Crippen molar-refractivity contribution in [3.05, 3.63) is 65.9 Å². The van der Waals surface area contributed by atoms with Crippen LogP contribution in [-0.4, -0.2) is 85.9 Å². The number of aromatic nitrogens is 1. The summed E-state index contributed by atoms with van der Waals surface area (Å²) in [6.45, 7) is 0.662. The van der Waals surface area contributed by atoms with Crippen LogP contribution in [0.3, 0.4) is 0 Å². The molecule has 2 aliphatic heterocycles. The van der Waals surface area contributed by atoms with Gasteiger partial charge >= 0.3 is 5.97 Å². The van der Waals surface area contributed by atoms with Gasteiger partial charge in [-0.3, -0.25) is 14.4 Å². The molecule has 0 aliphatic carbocycles. The van der Waals surface area contributed by atoms with E-state index in [0.717, 1.165) is 16.5 Å². The largest absolute Gasteiger partial charge is 0.508 e. The number of hydrogen-bond acceptors (Lipinski definition) is 6. The van der Waals surface area contributed by atoms with E-state index in [-0.39, 0.29) is 24.5 Å². The fraction of sp³-hybridized carbons (Fsp3) is 0.400. The van der Waals surface area contributed by atoms with Crippen molar-refractivity contribution < 1.29 is 29.4 Å². The van der Waals surface area contributed by atoms with Crippen molar-refractivity contribution in [2.75, 3.05) is 13.1 Å². The highest BCUT2D eigenvalue weighted by Crippen LogP contribution is 2.26. The Bertz CT molecular complexity index is 1440. The average Bonchev–Trinajstić information content (AvgIpc) is 3.73. The first-order valence-electron chi connectivity index (χ1n) is 14.0. The number of rotatable bonds is 9. The highest BCUT2D eigenvalue weighted by atomic mass is 16.4. The Kier molecular flexibility index (Phi) is 8.25. The van der Waals surface area contributed by atoms with Crippen LogP contribution >= 0.6 is 0 Å². The van der Waals surface area contributed by atoms with Crippen LogP contribution in [0.1, 0.15) is 36.8 Å². The zero-order valence-electron chi connectivity index (χ0n) is 22.7. The van der Waals surface area contributed by atoms with Crippen LogP contribution in [0, 0.1) is 0 Å². The topological polar surface area (TPSA) is 169 Å². The number of nitrogens with two attached hydrogens (primary N) is 1. The fourth-order valence-corrected chi connectivity index (χ4v) is 5.94. The van der Waals surface area contributed by atoms with Gasteiger partial charge in [0, 0.05) is 36.6 Å². The van der Waals surface area contributed by atoms with Crippen LogP contribution in [-0.2, 0) is 32.0 Å². The van der Waals surface area contributed by atoms with Crippen LogP contribution in [0.15, 0.2) is 54.7 Å². The molecule has 6 N–H and O–H groups in total. The van der Waals surface area contributed by atoms with E-state index in [2.05, 4.69) is 10.3 Å². The zero-order valence-corrected chi connectivity index (χ0v) is 22.7. The SMILES string of the molecule is NC(Cc1c[nH]c2ccccc12)C(=O)NC(Cc1ccc(O)cc1)C(=O)N1CCCC1C(=O)N1CCCC1C(=O)O. The van der Waals surface area contributed by atoms with Gasteiger partial charge in [-0.2, -0.15) is 0 Å². The molecule has 41 heavy (non-hydrogen) atoms. The molecule has 0 spiro atoms. The van der Waals surface area contributed by atoms with Gasteiger partial charge in [-0.25, -0.2) is 4.79 Å². The highest BCUT2D eigenvalue weighted by Gasteiger charge is 2.43. The molecule has 4 atom stereocenters. The summed E-state index contributed by atoms with van der Waals surface area (Å²) in [5.74, 6) is -2.27. The Hall–Kier alpha value is -4.38. The number of carbonyl (C=O) groups excluding carboxylic acids is 3. The molecular weight excluding hydrogens is 526 g/mol. The Labute approximate surface area is 237 Å². The molecular formula is C30H35N5O6. The maximum atomic E-state index is 13.9. The number of phenols is 1. The summed E-state index contributed by atoms with van der Waals surface area (Å²) < 4.78 is 0. The molecule has 2 fully saturated rings. The summed E-state index contributed by atoms with van der Waals surface area (Å²) in [7, 11) is 0. The Morgan fingerprint density at radius 2 is 1.63 bits per heavy atom. The standard InChI is InChI=1S/C30H35N5O6/c31-22(16-19-17-32-23-6-2-1-5-21(19)23)27(37)33-24(15-18-9-11-20(36)12-10-18)28(38)34-13-3-7-25(34)29(39)35-14-4-8-26(35)30(40)41/h1-2,5-6,9-12,17,22,24-26,32,36H,3-4,7-8,13-16,31H2,(H,33,37)(H,40,41). The van der Waals surface area contributed by atoms with Gasteiger partial charge in [0.2, 0.25) is 17.7 Å². The number of carbonyl (C=O) groups is 4. The van der Waals surface area contributed by atoms with Crippen molar-refractivity contribution in [3.63, 3.8) is 0 Å². The van der Waals surface area contributed by atoms with E-state index < -0.39 is 42.0 Å². The maximum absolute atomic E-state index is 13.9. The highest BCUT2D eigenvalue weighted by molar-refractivity contribution is 5.95. The number of fused-ring (bicyclic) bond motifs is 1. The number of nitrogens with one attached hydrogen (secondary N) is 2. The van der Waals surface area contributed by atoms with Gasteiger partial charge < -0.3 is 36.0 Å². The van der Waals surface area contributed by atoms with E-state index in [4.69, 9.17) is 5.73 Å². The van der Waals surface area contributed by atoms with Crippen molar-refractivity contribution in [2.24, 2.45) is 5.73 Å². The first-order chi connectivity index (χ1) is 19.7. The molecule has 11 heteroatoms. The Morgan fingerprint density at radius 3 is 2.37 bits per heavy atom. The second kappa shape index (κ2) is 12.0. The molecule has 1 aromatic heterocycles. The third-order valence-corrected chi connectivity index (χ3v) is 8.08. The molecule has 3 amide bonds. The van der Waals surface area contributed by atoms with Gasteiger partial charge in [0.15, 0.2) is 0 Å². The van der Waals surface area contributed by atoms with Crippen LogP contribution < -0.4 is 11.1 Å². The molecule has 11 nitrogen and oxygen atoms in total. The number of hydrogen-bond donors (Lipinski definition) is 5. The molecule has 0 radical (unpaired) electrons. The predicted molar refractivity (Wildman–Crippen MR) is 151 cm³/mol. The maximum Gasteiger partial charge on any atom is 0.326 e. The minimum absolute atomic E-state index is 0.0743. The van der Waals surface area contributed by atoms with Crippen molar-refractivity contribution in [1.82, 2.24) is 20.1 Å². The molecule has 5 rings (SSSR count). The van der Waals surface area contributed by atoms with E-state index in [1.54, 1.807) is 12.1 Å². The second-order valence-corrected chi connectivity index (χ2v) is 10.8. The first kappa shape index (κ1) is 28.2. The van der Waals surface area contributed by atoms with Gasteiger partial charge in [-0.15, -0.1) is 0 Å². The van der Waals surface area contributed by atoms with Crippen LogP contribution in [0.5, 0.6) is 5.75 Å². The number of phenolic OH excluding ortho intramolecular Hbond substituents is 1. The summed E-state index contributed by atoms with van der Waals surface area (Å²) in [4.78, 5) is 58.4. The number of para-hydroxylation sites is 1. The smallest absolute Gasteiger partial charge is 0.326 e. The number of aliphatic carboxylic acids is 1. The molecule has 3 aromatic rings. The van der Waals surface area contributed by atoms with Gasteiger partial charge in [-0.05, 0) is 61.4 Å². The summed E-state index contributed by atoms with van der Waals surface area (Å²) in [6.07, 6.45) is 4.20. The lowest BCUT2D eigenvalue weighted by atomic mass is 10.0. The average molecular weight is 562 g/mol. The molecule has 2 aromatic carbocycles. The van der Waals surface area contributed by atoms with Crippen molar-refractivity contribution in [1.29, 1.82) is 0 Å².